The summed E-state index contributed by atoms with van der Waals surface area (Å²) in [4.78, 5) is 23.5. The van der Waals surface area contributed by atoms with Crippen LogP contribution in [0.5, 0.6) is 0 Å². The van der Waals surface area contributed by atoms with Crippen molar-refractivity contribution in [3.05, 3.63) is 30.1 Å². The van der Waals surface area contributed by atoms with Crippen LogP contribution in [0.2, 0.25) is 0 Å². The molecule has 2 aliphatic heterocycles. The van der Waals surface area contributed by atoms with E-state index in [1.54, 1.807) is 11.9 Å². The maximum atomic E-state index is 12.5. The summed E-state index contributed by atoms with van der Waals surface area (Å²) in [5, 5.41) is 9.06. The van der Waals surface area contributed by atoms with Crippen LogP contribution in [0.25, 0.3) is 0 Å². The lowest BCUT2D eigenvalue weighted by molar-refractivity contribution is -0.137. The monoisotopic (exact) mass is 360 g/mol. The topological polar surface area (TPSA) is 59.9 Å². The third kappa shape index (κ3) is 5.02. The first-order chi connectivity index (χ1) is 12.7. The molecule has 0 radical (unpaired) electrons. The Hall–Kier alpha value is -1.50. The fourth-order valence-corrected chi connectivity index (χ4v) is 4.30. The van der Waals surface area contributed by atoms with Gasteiger partial charge in [-0.3, -0.25) is 19.6 Å². The number of carbonyl (C=O) groups is 1. The second-order valence-electron chi connectivity index (χ2n) is 7.69. The predicted octanol–water partition coefficient (Wildman–Crippen LogP) is 1.21. The van der Waals surface area contributed by atoms with Crippen molar-refractivity contribution < 1.29 is 9.90 Å². The molecule has 1 amide bonds. The molecule has 2 fully saturated rings. The molecule has 6 nitrogen and oxygen atoms in total. The molecular formula is C20H32N4O2. The van der Waals surface area contributed by atoms with E-state index in [2.05, 4.69) is 20.9 Å². The van der Waals surface area contributed by atoms with Crippen LogP contribution in [0.3, 0.4) is 0 Å². The number of carbonyl (C=O) groups excluding carboxylic acids is 1. The molecule has 1 aromatic rings. The average molecular weight is 361 g/mol. The summed E-state index contributed by atoms with van der Waals surface area (Å²) in [6, 6.07) is 4.74. The zero-order valence-corrected chi connectivity index (χ0v) is 15.9. The first kappa shape index (κ1) is 19.3. The third-order valence-corrected chi connectivity index (χ3v) is 5.82. The van der Waals surface area contributed by atoms with E-state index in [0.29, 0.717) is 12.6 Å². The summed E-state index contributed by atoms with van der Waals surface area (Å²) in [6.07, 6.45) is 8.20. The lowest BCUT2D eigenvalue weighted by Gasteiger charge is -2.42. The smallest absolute Gasteiger partial charge is 0.226 e. The zero-order valence-electron chi connectivity index (χ0n) is 15.9. The summed E-state index contributed by atoms with van der Waals surface area (Å²) in [7, 11) is 1.80. The van der Waals surface area contributed by atoms with Gasteiger partial charge in [0.1, 0.15) is 0 Å². The summed E-state index contributed by atoms with van der Waals surface area (Å²) in [5.74, 6) is 0.284. The number of aliphatic hydroxyl groups excluding tert-OH is 1. The van der Waals surface area contributed by atoms with Crippen LogP contribution in [0.1, 0.15) is 31.2 Å². The van der Waals surface area contributed by atoms with Crippen molar-refractivity contribution in [3.8, 4) is 0 Å². The highest BCUT2D eigenvalue weighted by molar-refractivity contribution is 5.78. The van der Waals surface area contributed by atoms with E-state index in [1.165, 1.54) is 18.4 Å². The normalized spacial score (nSPS) is 23.1. The third-order valence-electron chi connectivity index (χ3n) is 5.82. The standard InChI is InChI=1S/C20H32N4O2/c1-22(12-13-25)20(26)18-5-3-9-24(16-18)19-6-10-23(11-7-19)15-17-4-2-8-21-14-17/h2,4,8,14,18-19,25H,3,5-7,9-13,15-16H2,1H3/t18-/m1/s1. The Morgan fingerprint density at radius 1 is 1.31 bits per heavy atom. The van der Waals surface area contributed by atoms with Gasteiger partial charge in [-0.15, -0.1) is 0 Å². The van der Waals surface area contributed by atoms with E-state index < -0.39 is 0 Å². The molecular weight excluding hydrogens is 328 g/mol. The minimum atomic E-state index is 0.0358. The van der Waals surface area contributed by atoms with Crippen molar-refractivity contribution in [2.45, 2.75) is 38.3 Å². The van der Waals surface area contributed by atoms with Crippen LogP contribution in [0.4, 0.5) is 0 Å². The van der Waals surface area contributed by atoms with Gasteiger partial charge < -0.3 is 10.0 Å². The fraction of sp³-hybridized carbons (Fsp3) is 0.700. The Balaban J connectivity index is 1.47. The van der Waals surface area contributed by atoms with Crippen LogP contribution in [0.15, 0.2) is 24.5 Å². The molecule has 3 heterocycles. The number of pyridine rings is 1. The van der Waals surface area contributed by atoms with Gasteiger partial charge in [-0.25, -0.2) is 0 Å². The number of hydrogen-bond acceptors (Lipinski definition) is 5. The molecule has 26 heavy (non-hydrogen) atoms. The molecule has 0 spiro atoms. The molecule has 1 atom stereocenters. The molecule has 2 saturated heterocycles. The molecule has 144 valence electrons. The van der Waals surface area contributed by atoms with E-state index in [9.17, 15) is 4.79 Å². The molecule has 0 unspecified atom stereocenters. The minimum absolute atomic E-state index is 0.0358. The average Bonchev–Trinajstić information content (AvgIpc) is 2.69. The predicted molar refractivity (Wildman–Crippen MR) is 102 cm³/mol. The van der Waals surface area contributed by atoms with Crippen molar-refractivity contribution in [2.24, 2.45) is 5.92 Å². The number of aliphatic hydroxyl groups is 1. The van der Waals surface area contributed by atoms with Gasteiger partial charge in [0, 0.05) is 45.1 Å². The number of likely N-dealkylation sites (N-methyl/N-ethyl adjacent to an activating group) is 1. The molecule has 1 N–H and O–H groups in total. The van der Waals surface area contributed by atoms with Crippen LogP contribution < -0.4 is 0 Å². The molecule has 3 rings (SSSR count). The maximum absolute atomic E-state index is 12.5. The van der Waals surface area contributed by atoms with Gasteiger partial charge in [0.05, 0.1) is 12.5 Å². The van der Waals surface area contributed by atoms with Gasteiger partial charge >= 0.3 is 0 Å². The fourth-order valence-electron chi connectivity index (χ4n) is 4.30. The molecule has 6 heteroatoms. The Bertz CT molecular complexity index is 560. The SMILES string of the molecule is CN(CCO)C(=O)[C@@H]1CCCN(C2CCN(Cc3cccnc3)CC2)C1. The molecule has 2 aliphatic rings. The van der Waals surface area contributed by atoms with Crippen molar-refractivity contribution >= 4 is 5.91 Å². The van der Waals surface area contributed by atoms with Gasteiger partial charge in [-0.05, 0) is 56.9 Å². The number of piperidine rings is 2. The lowest BCUT2D eigenvalue weighted by Crippen LogP contribution is -2.51. The van der Waals surface area contributed by atoms with Crippen LogP contribution >= 0.6 is 0 Å². The van der Waals surface area contributed by atoms with Crippen molar-refractivity contribution in [2.75, 3.05) is 46.4 Å². The number of likely N-dealkylation sites (tertiary alicyclic amines) is 2. The first-order valence-electron chi connectivity index (χ1n) is 9.88. The summed E-state index contributed by atoms with van der Waals surface area (Å²) < 4.78 is 0. The number of amides is 1. The molecule has 0 saturated carbocycles. The second-order valence-corrected chi connectivity index (χ2v) is 7.69. The number of rotatable bonds is 6. The maximum Gasteiger partial charge on any atom is 0.226 e. The van der Waals surface area contributed by atoms with Crippen molar-refractivity contribution in [1.82, 2.24) is 19.7 Å². The zero-order chi connectivity index (χ0) is 18.4. The Morgan fingerprint density at radius 2 is 2.12 bits per heavy atom. The number of aromatic nitrogens is 1. The van der Waals surface area contributed by atoms with Crippen LogP contribution in [-0.2, 0) is 11.3 Å². The van der Waals surface area contributed by atoms with Crippen molar-refractivity contribution in [3.63, 3.8) is 0 Å². The van der Waals surface area contributed by atoms with E-state index in [1.807, 2.05) is 18.5 Å². The molecule has 0 aliphatic carbocycles. The van der Waals surface area contributed by atoms with E-state index >= 15 is 0 Å². The van der Waals surface area contributed by atoms with E-state index in [0.717, 1.165) is 45.6 Å². The van der Waals surface area contributed by atoms with Gasteiger partial charge in [-0.2, -0.15) is 0 Å². The van der Waals surface area contributed by atoms with Crippen LogP contribution in [-0.4, -0.2) is 83.1 Å². The lowest BCUT2D eigenvalue weighted by atomic mass is 9.93. The van der Waals surface area contributed by atoms with Gasteiger partial charge in [0.15, 0.2) is 0 Å². The molecule has 1 aromatic heterocycles. The summed E-state index contributed by atoms with van der Waals surface area (Å²) >= 11 is 0. The molecule has 0 aromatic carbocycles. The van der Waals surface area contributed by atoms with Crippen molar-refractivity contribution in [1.29, 1.82) is 0 Å². The van der Waals surface area contributed by atoms with E-state index in [-0.39, 0.29) is 18.4 Å². The summed E-state index contributed by atoms with van der Waals surface area (Å²) in [6.45, 7) is 5.66. The Morgan fingerprint density at radius 3 is 2.81 bits per heavy atom. The minimum Gasteiger partial charge on any atom is -0.395 e. The van der Waals surface area contributed by atoms with Gasteiger partial charge in [0.25, 0.3) is 0 Å². The number of nitrogens with zero attached hydrogens (tertiary/aromatic N) is 4. The highest BCUT2D eigenvalue weighted by Gasteiger charge is 2.32. The Kier molecular flexibility index (Phi) is 7.00. The number of hydrogen-bond donors (Lipinski definition) is 1. The van der Waals surface area contributed by atoms with Gasteiger partial charge in [-0.1, -0.05) is 6.07 Å². The van der Waals surface area contributed by atoms with Crippen LogP contribution in [0, 0.1) is 5.92 Å². The Labute approximate surface area is 156 Å². The van der Waals surface area contributed by atoms with E-state index in [4.69, 9.17) is 5.11 Å². The molecule has 0 bridgehead atoms. The first-order valence-corrected chi connectivity index (χ1v) is 9.88. The van der Waals surface area contributed by atoms with Gasteiger partial charge in [0.2, 0.25) is 5.91 Å². The quantitative estimate of drug-likeness (QED) is 0.826. The highest BCUT2D eigenvalue weighted by Crippen LogP contribution is 2.25. The highest BCUT2D eigenvalue weighted by atomic mass is 16.3. The summed E-state index contributed by atoms with van der Waals surface area (Å²) in [5.41, 5.74) is 1.28. The largest absolute Gasteiger partial charge is 0.395 e. The second kappa shape index (κ2) is 9.44.